The van der Waals surface area contributed by atoms with Gasteiger partial charge < -0.3 is 15.4 Å². The number of nitrogens with one attached hydrogen (secondary N) is 2. The van der Waals surface area contributed by atoms with Gasteiger partial charge in [-0.25, -0.2) is 0 Å². The molecule has 1 atom stereocenters. The third-order valence-corrected chi connectivity index (χ3v) is 5.53. The molecule has 1 heterocycles. The summed E-state index contributed by atoms with van der Waals surface area (Å²) < 4.78 is 5.67. The molecule has 2 amide bonds. The highest BCUT2D eigenvalue weighted by molar-refractivity contribution is 7.12. The highest BCUT2D eigenvalue weighted by Crippen LogP contribution is 2.17. The molecule has 5 nitrogen and oxygen atoms in total. The van der Waals surface area contributed by atoms with Gasteiger partial charge in [-0.05, 0) is 81.0 Å². The average Bonchev–Trinajstić information content (AvgIpc) is 3.28. The molecule has 0 aliphatic carbocycles. The molecule has 2 aromatic carbocycles. The van der Waals surface area contributed by atoms with E-state index in [2.05, 4.69) is 22.8 Å². The molecule has 1 aromatic heterocycles. The largest absolute Gasteiger partial charge is 0.491 e. The number of amides is 2. The van der Waals surface area contributed by atoms with Crippen LogP contribution in [0.3, 0.4) is 0 Å². The predicted octanol–water partition coefficient (Wildman–Crippen LogP) is 5.54. The molecule has 6 heteroatoms. The number of hydrogen-bond donors (Lipinski definition) is 2. The van der Waals surface area contributed by atoms with E-state index in [0.717, 1.165) is 18.6 Å². The highest BCUT2D eigenvalue weighted by Gasteiger charge is 2.12. The zero-order chi connectivity index (χ0) is 22.2. The summed E-state index contributed by atoms with van der Waals surface area (Å²) in [6, 6.07) is 18.7. The van der Waals surface area contributed by atoms with Crippen LogP contribution in [0.4, 0.5) is 5.69 Å². The molecule has 0 saturated heterocycles. The van der Waals surface area contributed by atoms with Crippen molar-refractivity contribution >= 4 is 28.8 Å². The minimum absolute atomic E-state index is 0.0171. The molecule has 0 spiro atoms. The van der Waals surface area contributed by atoms with Crippen molar-refractivity contribution in [2.75, 3.05) is 5.32 Å². The zero-order valence-corrected chi connectivity index (χ0v) is 18.9. The number of carbonyl (C=O) groups excluding carboxylic acids is 2. The molecular weight excluding hydrogens is 408 g/mol. The standard InChI is InChI=1S/C25H28N2O3S/c1-17(2)30-22-13-11-19(12-14-22)10-9-18(3)26-24(28)20-6-4-7-21(16-20)27-25(29)23-8-5-15-31-23/h4-8,11-18H,9-10H2,1-3H3,(H,26,28)(H,27,29). The summed E-state index contributed by atoms with van der Waals surface area (Å²) in [4.78, 5) is 25.5. The fraction of sp³-hybridized carbons (Fsp3) is 0.280. The Morgan fingerprint density at radius 1 is 0.968 bits per heavy atom. The maximum absolute atomic E-state index is 12.6. The van der Waals surface area contributed by atoms with Crippen LogP contribution in [0.5, 0.6) is 5.75 Å². The number of anilines is 1. The molecule has 162 valence electrons. The van der Waals surface area contributed by atoms with Crippen LogP contribution in [0.15, 0.2) is 66.0 Å². The third kappa shape index (κ3) is 6.96. The number of thiophene rings is 1. The van der Waals surface area contributed by atoms with E-state index in [9.17, 15) is 9.59 Å². The summed E-state index contributed by atoms with van der Waals surface area (Å²) in [6.45, 7) is 6.01. The maximum Gasteiger partial charge on any atom is 0.265 e. The van der Waals surface area contributed by atoms with Gasteiger partial charge in [0.25, 0.3) is 11.8 Å². The van der Waals surface area contributed by atoms with Gasteiger partial charge in [-0.2, -0.15) is 0 Å². The van der Waals surface area contributed by atoms with Crippen LogP contribution < -0.4 is 15.4 Å². The second kappa shape index (κ2) is 10.8. The van der Waals surface area contributed by atoms with E-state index < -0.39 is 0 Å². The van der Waals surface area contributed by atoms with Gasteiger partial charge in [-0.15, -0.1) is 11.3 Å². The maximum atomic E-state index is 12.6. The van der Waals surface area contributed by atoms with Gasteiger partial charge in [0, 0.05) is 17.3 Å². The van der Waals surface area contributed by atoms with Gasteiger partial charge in [0.15, 0.2) is 0 Å². The second-order valence-electron chi connectivity index (χ2n) is 7.74. The minimum atomic E-state index is -0.175. The molecule has 3 aromatic rings. The Morgan fingerprint density at radius 3 is 2.42 bits per heavy atom. The van der Waals surface area contributed by atoms with Gasteiger partial charge in [0.2, 0.25) is 0 Å². The van der Waals surface area contributed by atoms with Crippen molar-refractivity contribution in [2.24, 2.45) is 0 Å². The van der Waals surface area contributed by atoms with Crippen LogP contribution >= 0.6 is 11.3 Å². The van der Waals surface area contributed by atoms with Crippen molar-refractivity contribution in [2.45, 2.75) is 45.8 Å². The van der Waals surface area contributed by atoms with Crippen molar-refractivity contribution < 1.29 is 14.3 Å². The number of benzene rings is 2. The Kier molecular flexibility index (Phi) is 7.84. The topological polar surface area (TPSA) is 67.4 Å². The van der Waals surface area contributed by atoms with Crippen molar-refractivity contribution in [1.82, 2.24) is 5.32 Å². The van der Waals surface area contributed by atoms with Crippen LogP contribution in [0, 0.1) is 0 Å². The van der Waals surface area contributed by atoms with Gasteiger partial charge in [0.1, 0.15) is 5.75 Å². The van der Waals surface area contributed by atoms with Gasteiger partial charge in [0.05, 0.1) is 11.0 Å². The molecule has 0 saturated carbocycles. The average molecular weight is 437 g/mol. The van der Waals surface area contributed by atoms with Gasteiger partial charge >= 0.3 is 0 Å². The van der Waals surface area contributed by atoms with Crippen molar-refractivity contribution in [3.8, 4) is 5.75 Å². The number of aryl methyl sites for hydroxylation is 1. The molecule has 0 aliphatic heterocycles. The quantitative estimate of drug-likeness (QED) is 0.463. The van der Waals surface area contributed by atoms with Gasteiger partial charge in [-0.1, -0.05) is 24.3 Å². The van der Waals surface area contributed by atoms with E-state index in [0.29, 0.717) is 16.1 Å². The monoisotopic (exact) mass is 436 g/mol. The van der Waals surface area contributed by atoms with Crippen molar-refractivity contribution in [1.29, 1.82) is 0 Å². The minimum Gasteiger partial charge on any atom is -0.491 e. The molecule has 0 aliphatic rings. The lowest BCUT2D eigenvalue weighted by Crippen LogP contribution is -2.32. The Balaban J connectivity index is 1.50. The van der Waals surface area contributed by atoms with E-state index in [1.807, 2.05) is 44.4 Å². The lowest BCUT2D eigenvalue weighted by Gasteiger charge is -2.15. The number of hydrogen-bond acceptors (Lipinski definition) is 4. The van der Waals surface area contributed by atoms with E-state index in [1.54, 1.807) is 30.3 Å². The second-order valence-corrected chi connectivity index (χ2v) is 8.68. The zero-order valence-electron chi connectivity index (χ0n) is 18.1. The summed E-state index contributed by atoms with van der Waals surface area (Å²) in [5, 5.41) is 7.73. The lowest BCUT2D eigenvalue weighted by atomic mass is 10.1. The number of carbonyl (C=O) groups is 2. The molecular formula is C25H28N2O3S. The van der Waals surface area contributed by atoms with E-state index in [4.69, 9.17) is 4.74 Å². The molecule has 0 bridgehead atoms. The van der Waals surface area contributed by atoms with Crippen molar-refractivity contribution in [3.05, 3.63) is 82.0 Å². The molecule has 0 radical (unpaired) electrons. The first-order chi connectivity index (χ1) is 14.9. The predicted molar refractivity (Wildman–Crippen MR) is 126 cm³/mol. The smallest absolute Gasteiger partial charge is 0.265 e. The number of ether oxygens (including phenoxy) is 1. The SMILES string of the molecule is CC(CCc1ccc(OC(C)C)cc1)NC(=O)c1cccc(NC(=O)c2cccs2)c1. The lowest BCUT2D eigenvalue weighted by molar-refractivity contribution is 0.0937. The summed E-state index contributed by atoms with van der Waals surface area (Å²) in [5.41, 5.74) is 2.32. The van der Waals surface area contributed by atoms with Crippen LogP contribution in [-0.4, -0.2) is 24.0 Å². The molecule has 31 heavy (non-hydrogen) atoms. The van der Waals surface area contributed by atoms with E-state index >= 15 is 0 Å². The van der Waals surface area contributed by atoms with E-state index in [1.165, 1.54) is 16.9 Å². The first kappa shape index (κ1) is 22.6. The Labute approximate surface area is 187 Å². The Bertz CT molecular complexity index is 998. The summed E-state index contributed by atoms with van der Waals surface area (Å²) in [6.07, 6.45) is 1.84. The number of rotatable bonds is 9. The fourth-order valence-corrected chi connectivity index (χ4v) is 3.73. The molecule has 0 fully saturated rings. The first-order valence-electron chi connectivity index (χ1n) is 10.4. The molecule has 3 rings (SSSR count). The van der Waals surface area contributed by atoms with Gasteiger partial charge in [-0.3, -0.25) is 9.59 Å². The van der Waals surface area contributed by atoms with Crippen LogP contribution in [0.25, 0.3) is 0 Å². The molecule has 1 unspecified atom stereocenters. The summed E-state index contributed by atoms with van der Waals surface area (Å²) >= 11 is 1.38. The van der Waals surface area contributed by atoms with Crippen molar-refractivity contribution in [3.63, 3.8) is 0 Å². The van der Waals surface area contributed by atoms with Crippen LogP contribution in [-0.2, 0) is 6.42 Å². The van der Waals surface area contributed by atoms with E-state index in [-0.39, 0.29) is 24.0 Å². The summed E-state index contributed by atoms with van der Waals surface area (Å²) in [5.74, 6) is 0.539. The van der Waals surface area contributed by atoms with Crippen LogP contribution in [0.1, 0.15) is 52.8 Å². The highest BCUT2D eigenvalue weighted by atomic mass is 32.1. The normalized spacial score (nSPS) is 11.7. The van der Waals surface area contributed by atoms with Crippen LogP contribution in [0.2, 0.25) is 0 Å². The fourth-order valence-electron chi connectivity index (χ4n) is 3.11. The summed E-state index contributed by atoms with van der Waals surface area (Å²) in [7, 11) is 0. The third-order valence-electron chi connectivity index (χ3n) is 4.67. The molecule has 2 N–H and O–H groups in total. The first-order valence-corrected chi connectivity index (χ1v) is 11.3. The Morgan fingerprint density at radius 2 is 1.74 bits per heavy atom. The Hall–Kier alpha value is -3.12.